The smallest absolute Gasteiger partial charge is 0.488 e. The van der Waals surface area contributed by atoms with Gasteiger partial charge in [0.15, 0.2) is 23.1 Å². The van der Waals surface area contributed by atoms with Crippen LogP contribution in [0.4, 0.5) is 22.0 Å². The van der Waals surface area contributed by atoms with E-state index in [9.17, 15) is 47.1 Å². The number of methoxy groups -OCH3 is 3. The summed E-state index contributed by atoms with van der Waals surface area (Å²) in [7, 11) is 2.43. The van der Waals surface area contributed by atoms with Gasteiger partial charge in [-0.3, -0.25) is 14.4 Å². The summed E-state index contributed by atoms with van der Waals surface area (Å²) in [6.07, 6.45) is 2.36. The van der Waals surface area contributed by atoms with Crippen molar-refractivity contribution in [2.75, 3.05) is 41.2 Å². The highest BCUT2D eigenvalue weighted by Gasteiger charge is 2.37. The molecule has 9 aromatic carbocycles. The van der Waals surface area contributed by atoms with Crippen molar-refractivity contribution < 1.29 is 108 Å². The summed E-state index contributed by atoms with van der Waals surface area (Å²) in [6.45, 7) is 1.41. The first-order chi connectivity index (χ1) is 49.9. The molecule has 0 aromatic heterocycles. The Kier molecular flexibility index (Phi) is 21.3. The lowest BCUT2D eigenvalue weighted by Crippen LogP contribution is -2.33. The van der Waals surface area contributed by atoms with E-state index in [1.807, 2.05) is 48.5 Å². The van der Waals surface area contributed by atoms with Crippen LogP contribution in [-0.4, -0.2) is 81.3 Å². The van der Waals surface area contributed by atoms with E-state index in [2.05, 4.69) is 0 Å². The monoisotopic (exact) mass is 1410 g/mol. The molecular formula is C79H70BF5O18. The van der Waals surface area contributed by atoms with Gasteiger partial charge in [-0.1, -0.05) is 54.6 Å². The van der Waals surface area contributed by atoms with Crippen LogP contribution >= 0.6 is 0 Å². The summed E-state index contributed by atoms with van der Waals surface area (Å²) in [5.74, 6) is 0.857. The fourth-order valence-corrected chi connectivity index (χ4v) is 13.8. The van der Waals surface area contributed by atoms with E-state index in [4.69, 9.17) is 56.8 Å². The molecule has 6 atom stereocenters. The standard InChI is InChI=1S/C33H28F2O6.C26H22F2O6.C20H20BFO6/c1-37-32(36)15-21-19-39-31-17-23(7-9-24(21)31)41-30-13-10-25-28(14-11-26(34)33(25)30)40-22-8-12-29(27(35)16-22)38-18-20-5-3-2-4-6-20;1-31-25(30)10-14-13-32-24-12-16(2-4-17(14)24)34-23-8-5-18-22(9-6-19(27)26(18)23)33-15-3-7-21(29)20(28)11-15;1-26-19(23)8-11-10-27-18-9-12(2-3-13(11)18)28-17-7-4-14-15(21(24)25)5-6-16(22)20(14)17/h2-9,11-12,14,16-17,21,30H,10,13,15,18-19H2,1H3;2-4,6-7,9,11-12,14,23,29H,5,8,10,13H2,1H3;2-3,5-6,9,11,17,24-25H,4,7-8,10H2,1H3/t21-,30-;14-,23-;11-,17-/m111/s1. The van der Waals surface area contributed by atoms with E-state index in [1.54, 1.807) is 48.5 Å². The third kappa shape index (κ3) is 15.7. The van der Waals surface area contributed by atoms with Gasteiger partial charge < -0.3 is 72.0 Å². The lowest BCUT2D eigenvalue weighted by molar-refractivity contribution is -0.142. The highest BCUT2D eigenvalue weighted by atomic mass is 19.1. The maximum Gasteiger partial charge on any atom is 0.488 e. The van der Waals surface area contributed by atoms with Crippen molar-refractivity contribution in [2.45, 2.75) is 100 Å². The first-order valence-corrected chi connectivity index (χ1v) is 33.5. The normalized spacial score (nSPS) is 18.0. The van der Waals surface area contributed by atoms with Gasteiger partial charge in [-0.05, 0) is 128 Å². The molecule has 0 radical (unpaired) electrons. The molecule has 0 saturated carbocycles. The van der Waals surface area contributed by atoms with Crippen LogP contribution in [0.25, 0.3) is 0 Å². The Morgan fingerprint density at radius 1 is 0.437 bits per heavy atom. The molecule has 103 heavy (non-hydrogen) atoms. The number of hydrogen-bond acceptors (Lipinski definition) is 18. The maximum absolute atomic E-state index is 15.0. The molecule has 6 aliphatic rings. The van der Waals surface area contributed by atoms with Gasteiger partial charge in [-0.25, -0.2) is 22.0 Å². The van der Waals surface area contributed by atoms with Crippen LogP contribution in [0.1, 0.15) is 130 Å². The van der Waals surface area contributed by atoms with Gasteiger partial charge >= 0.3 is 25.0 Å². The second-order valence-corrected chi connectivity index (χ2v) is 25.4. The van der Waals surface area contributed by atoms with Gasteiger partial charge in [0.05, 0.1) is 60.4 Å². The van der Waals surface area contributed by atoms with Gasteiger partial charge in [0.25, 0.3) is 0 Å². The third-order valence-corrected chi connectivity index (χ3v) is 18.9. The zero-order valence-corrected chi connectivity index (χ0v) is 56.1. The fraction of sp³-hybridized carbons (Fsp3) is 0.278. The lowest BCUT2D eigenvalue weighted by atomic mass is 9.76. The van der Waals surface area contributed by atoms with Crippen molar-refractivity contribution in [1.29, 1.82) is 0 Å². The summed E-state index contributed by atoms with van der Waals surface area (Å²) < 4.78 is 140. The molecular weight excluding hydrogens is 1340 g/mol. The second-order valence-electron chi connectivity index (χ2n) is 25.4. The SMILES string of the molecule is COC(=O)C[C@@H]1COc2cc(O[C@@H]3CCc4c(B(O)O)ccc(F)c43)ccc21.COC(=O)C[C@@H]1COc2cc(O[C@@H]3CCc4c(Oc5ccc(O)c(F)c5)ccc(F)c43)ccc21.COC(=O)C[C@@H]1COc2cc(O[C@@H]3CCc4c(Oc5ccc(OCc6ccccc6)c(F)c5)ccc(F)c43)ccc21. The maximum atomic E-state index is 15.0. The number of benzene rings is 9. The van der Waals surface area contributed by atoms with Gasteiger partial charge in [-0.15, -0.1) is 0 Å². The first kappa shape index (κ1) is 70.5. The Hall–Kier alpha value is -11.0. The highest BCUT2D eigenvalue weighted by molar-refractivity contribution is 6.59. The summed E-state index contributed by atoms with van der Waals surface area (Å²) in [5, 5.41) is 28.4. The molecule has 3 aliphatic carbocycles. The van der Waals surface area contributed by atoms with Crippen molar-refractivity contribution in [2.24, 2.45) is 0 Å². The Bertz CT molecular complexity index is 4650. The average Bonchev–Trinajstić information content (AvgIpc) is 1.66. The largest absolute Gasteiger partial charge is 0.505 e. The van der Waals surface area contributed by atoms with Gasteiger partial charge in [0.2, 0.25) is 0 Å². The van der Waals surface area contributed by atoms with E-state index in [0.29, 0.717) is 143 Å². The first-order valence-electron chi connectivity index (χ1n) is 33.5. The minimum Gasteiger partial charge on any atom is -0.505 e. The molecule has 0 unspecified atom stereocenters. The van der Waals surface area contributed by atoms with Crippen molar-refractivity contribution in [3.05, 3.63) is 242 Å². The van der Waals surface area contributed by atoms with Crippen molar-refractivity contribution in [3.63, 3.8) is 0 Å². The van der Waals surface area contributed by atoms with E-state index in [-0.39, 0.29) is 84.6 Å². The molecule has 9 aromatic rings. The Labute approximate surface area is 589 Å². The predicted molar refractivity (Wildman–Crippen MR) is 363 cm³/mol. The van der Waals surface area contributed by atoms with Crippen LogP contribution in [-0.2, 0) is 54.5 Å². The van der Waals surface area contributed by atoms with Gasteiger partial charge in [0, 0.05) is 92.6 Å². The number of phenols is 1. The van der Waals surface area contributed by atoms with E-state index in [1.165, 1.54) is 75.9 Å². The molecule has 18 nitrogen and oxygen atoms in total. The predicted octanol–water partition coefficient (Wildman–Crippen LogP) is 14.6. The number of halogens is 5. The van der Waals surface area contributed by atoms with Crippen LogP contribution in [0.2, 0.25) is 0 Å². The van der Waals surface area contributed by atoms with Crippen LogP contribution in [0.5, 0.6) is 69.0 Å². The molecule has 0 amide bonds. The number of phenolic OH excluding ortho intramolecular Hbond substituents is 1. The summed E-state index contributed by atoms with van der Waals surface area (Å²) in [6, 6.07) is 42.2. The van der Waals surface area contributed by atoms with Gasteiger partial charge in [-0.2, -0.15) is 0 Å². The number of esters is 3. The number of fused-ring (bicyclic) bond motifs is 6. The molecule has 0 fully saturated rings. The second kappa shape index (κ2) is 31.1. The van der Waals surface area contributed by atoms with Crippen LogP contribution in [0.15, 0.2) is 158 Å². The van der Waals surface area contributed by atoms with E-state index >= 15 is 4.39 Å². The summed E-state index contributed by atoms with van der Waals surface area (Å²) >= 11 is 0. The number of hydrogen-bond donors (Lipinski definition) is 3. The Morgan fingerprint density at radius 3 is 1.24 bits per heavy atom. The number of aromatic hydroxyl groups is 1. The van der Waals surface area contributed by atoms with E-state index in [0.717, 1.165) is 28.3 Å². The zero-order valence-electron chi connectivity index (χ0n) is 56.1. The minimum absolute atomic E-state index is 0.0604. The van der Waals surface area contributed by atoms with Crippen LogP contribution < -0.4 is 48.1 Å². The lowest BCUT2D eigenvalue weighted by Gasteiger charge is -2.17. The minimum atomic E-state index is -1.65. The Balaban J connectivity index is 0.000000140. The molecule has 15 rings (SSSR count). The van der Waals surface area contributed by atoms with Crippen LogP contribution in [0.3, 0.4) is 0 Å². The topological polar surface area (TPSA) is 223 Å². The molecule has 0 bridgehead atoms. The quantitative estimate of drug-likeness (QED) is 0.0279. The molecule has 3 aliphatic heterocycles. The number of rotatable bonds is 20. The number of carbonyl (C=O) groups excluding carboxylic acids is 3. The van der Waals surface area contributed by atoms with E-state index < -0.39 is 54.4 Å². The van der Waals surface area contributed by atoms with Crippen molar-refractivity contribution in [3.8, 4) is 69.0 Å². The van der Waals surface area contributed by atoms with Crippen LogP contribution in [0, 0.1) is 29.1 Å². The summed E-state index contributed by atoms with van der Waals surface area (Å²) in [5.41, 5.74) is 7.13. The number of carbonyl (C=O) groups is 3. The molecule has 24 heteroatoms. The number of ether oxygens (including phenoxy) is 12. The highest BCUT2D eigenvalue weighted by Crippen LogP contribution is 2.48. The zero-order chi connectivity index (χ0) is 72.0. The summed E-state index contributed by atoms with van der Waals surface area (Å²) in [4.78, 5) is 34.8. The molecule has 532 valence electrons. The molecule has 0 spiro atoms. The van der Waals surface area contributed by atoms with Crippen molar-refractivity contribution >= 4 is 30.5 Å². The van der Waals surface area contributed by atoms with Crippen molar-refractivity contribution in [1.82, 2.24) is 0 Å². The average molecular weight is 1410 g/mol. The molecule has 3 heterocycles. The molecule has 0 saturated heterocycles. The third-order valence-electron chi connectivity index (χ3n) is 18.9. The Morgan fingerprint density at radius 2 is 0.825 bits per heavy atom. The van der Waals surface area contributed by atoms with Gasteiger partial charge in [0.1, 0.15) is 99.9 Å². The molecule has 3 N–H and O–H groups in total. The fourth-order valence-electron chi connectivity index (χ4n) is 13.8.